The number of H-pyrrole nitrogens is 1. The van der Waals surface area contributed by atoms with Crippen LogP contribution in [0.5, 0.6) is 0 Å². The van der Waals surface area contributed by atoms with E-state index in [1.807, 2.05) is 22.8 Å². The van der Waals surface area contributed by atoms with Crippen molar-refractivity contribution in [2.45, 2.75) is 13.0 Å². The molecule has 2 aromatic heterocycles. The van der Waals surface area contributed by atoms with Gasteiger partial charge in [0, 0.05) is 23.4 Å². The fraction of sp³-hybridized carbons (Fsp3) is 0.125. The normalized spacial score (nSPS) is 13.0. The lowest BCUT2D eigenvalue weighted by Crippen LogP contribution is -2.40. The van der Waals surface area contributed by atoms with Gasteiger partial charge in [-0.3, -0.25) is 0 Å². The second kappa shape index (κ2) is 3.93. The Hall–Kier alpha value is -2.62. The molecule has 0 radical (unpaired) electrons. The molecule has 1 aliphatic rings. The lowest BCUT2D eigenvalue weighted by molar-refractivity contribution is -0.687. The standard InChI is InChI=1S/C16H12N2O2/c19-16(20)10-5-6-14-15-12(7-8-18(14)9-10)11-3-1-2-4-13(11)17-15/h1-6,9H,7-8H2,(H,19,20)/p+1. The van der Waals surface area contributed by atoms with E-state index in [0.717, 1.165) is 29.9 Å². The van der Waals surface area contributed by atoms with Crippen molar-refractivity contribution in [1.29, 1.82) is 0 Å². The molecule has 1 aromatic carbocycles. The maximum atomic E-state index is 11.1. The summed E-state index contributed by atoms with van der Waals surface area (Å²) >= 11 is 0. The number of para-hydroxylation sites is 1. The molecule has 4 heteroatoms. The third-order valence-corrected chi connectivity index (χ3v) is 3.94. The van der Waals surface area contributed by atoms with Gasteiger partial charge in [-0.2, -0.15) is 4.57 Å². The van der Waals surface area contributed by atoms with Crippen LogP contribution < -0.4 is 4.57 Å². The summed E-state index contributed by atoms with van der Waals surface area (Å²) in [5.74, 6) is -0.886. The summed E-state index contributed by atoms with van der Waals surface area (Å²) in [6.07, 6.45) is 2.63. The molecule has 0 bridgehead atoms. The molecule has 3 aromatic rings. The Bertz CT molecular complexity index is 849. The van der Waals surface area contributed by atoms with Gasteiger partial charge in [0.05, 0.1) is 0 Å². The minimum Gasteiger partial charge on any atom is -0.477 e. The number of aromatic nitrogens is 2. The van der Waals surface area contributed by atoms with Gasteiger partial charge >= 0.3 is 5.97 Å². The lowest BCUT2D eigenvalue weighted by Gasteiger charge is -2.11. The van der Waals surface area contributed by atoms with Crippen molar-refractivity contribution in [3.05, 3.63) is 53.7 Å². The highest BCUT2D eigenvalue weighted by Crippen LogP contribution is 2.31. The number of benzene rings is 1. The first-order valence-corrected chi connectivity index (χ1v) is 6.61. The van der Waals surface area contributed by atoms with Gasteiger partial charge in [-0.25, -0.2) is 4.79 Å². The average molecular weight is 265 g/mol. The van der Waals surface area contributed by atoms with Gasteiger partial charge in [0.25, 0.3) is 0 Å². The SMILES string of the molecule is O=C(O)c1ccc2[n+](c1)CCc1c-2[nH]c2ccccc12. The number of nitrogens with zero attached hydrogens (tertiary/aromatic N) is 1. The highest BCUT2D eigenvalue weighted by molar-refractivity contribution is 5.90. The Balaban J connectivity index is 1.97. The molecule has 2 N–H and O–H groups in total. The van der Waals surface area contributed by atoms with Crippen molar-refractivity contribution in [2.75, 3.05) is 0 Å². The van der Waals surface area contributed by atoms with E-state index in [1.54, 1.807) is 12.3 Å². The van der Waals surface area contributed by atoms with Crippen molar-refractivity contribution in [3.8, 4) is 11.4 Å². The number of hydrogen-bond acceptors (Lipinski definition) is 1. The fourth-order valence-electron chi connectivity index (χ4n) is 2.99. The zero-order valence-electron chi connectivity index (χ0n) is 10.8. The molecule has 0 amide bonds. The summed E-state index contributed by atoms with van der Waals surface area (Å²) in [7, 11) is 0. The van der Waals surface area contributed by atoms with E-state index in [1.165, 1.54) is 10.9 Å². The smallest absolute Gasteiger partial charge is 0.341 e. The molecule has 0 saturated heterocycles. The van der Waals surface area contributed by atoms with E-state index in [-0.39, 0.29) is 0 Å². The van der Waals surface area contributed by atoms with Crippen LogP contribution in [0.25, 0.3) is 22.3 Å². The van der Waals surface area contributed by atoms with E-state index >= 15 is 0 Å². The largest absolute Gasteiger partial charge is 0.477 e. The zero-order chi connectivity index (χ0) is 13.7. The highest BCUT2D eigenvalue weighted by atomic mass is 16.4. The third kappa shape index (κ3) is 1.48. The average Bonchev–Trinajstić information content (AvgIpc) is 2.85. The predicted molar refractivity (Wildman–Crippen MR) is 74.6 cm³/mol. The predicted octanol–water partition coefficient (Wildman–Crippen LogP) is 2.38. The van der Waals surface area contributed by atoms with E-state index < -0.39 is 5.97 Å². The second-order valence-electron chi connectivity index (χ2n) is 5.08. The number of carboxylic acids is 1. The van der Waals surface area contributed by atoms with Gasteiger partial charge in [0.1, 0.15) is 11.3 Å². The van der Waals surface area contributed by atoms with Crippen molar-refractivity contribution in [3.63, 3.8) is 0 Å². The number of hydrogen-bond donors (Lipinski definition) is 2. The molecule has 1 aliphatic heterocycles. The fourth-order valence-corrected chi connectivity index (χ4v) is 2.99. The van der Waals surface area contributed by atoms with Crippen molar-refractivity contribution < 1.29 is 14.5 Å². The summed E-state index contributed by atoms with van der Waals surface area (Å²) in [4.78, 5) is 14.5. The lowest BCUT2D eigenvalue weighted by atomic mass is 10.0. The molecule has 98 valence electrons. The van der Waals surface area contributed by atoms with Gasteiger partial charge in [-0.15, -0.1) is 0 Å². The number of aromatic carboxylic acids is 1. The van der Waals surface area contributed by atoms with Crippen molar-refractivity contribution in [1.82, 2.24) is 4.98 Å². The Morgan fingerprint density at radius 3 is 2.90 bits per heavy atom. The van der Waals surface area contributed by atoms with Crippen LogP contribution in [0.1, 0.15) is 15.9 Å². The number of nitrogens with one attached hydrogen (secondary N) is 1. The monoisotopic (exact) mass is 265 g/mol. The van der Waals surface area contributed by atoms with Gasteiger partial charge in [0.15, 0.2) is 12.7 Å². The Labute approximate surface area is 115 Å². The summed E-state index contributed by atoms with van der Waals surface area (Å²) in [5, 5.41) is 10.3. The molecule has 4 nitrogen and oxygen atoms in total. The van der Waals surface area contributed by atoms with Crippen LogP contribution in [0.2, 0.25) is 0 Å². The van der Waals surface area contributed by atoms with Crippen LogP contribution in [0, 0.1) is 0 Å². The van der Waals surface area contributed by atoms with Crippen LogP contribution in [-0.2, 0) is 13.0 Å². The van der Waals surface area contributed by atoms with E-state index in [4.69, 9.17) is 5.11 Å². The molecular formula is C16H13N2O2+. The Kier molecular flexibility index (Phi) is 2.21. The second-order valence-corrected chi connectivity index (χ2v) is 5.08. The first-order valence-electron chi connectivity index (χ1n) is 6.61. The molecule has 4 rings (SSSR count). The molecule has 0 atom stereocenters. The zero-order valence-corrected chi connectivity index (χ0v) is 10.8. The molecule has 0 aliphatic carbocycles. The van der Waals surface area contributed by atoms with E-state index in [9.17, 15) is 4.79 Å². The summed E-state index contributed by atoms with van der Waals surface area (Å²) in [6.45, 7) is 0.811. The Morgan fingerprint density at radius 1 is 1.20 bits per heavy atom. The first kappa shape index (κ1) is 11.2. The van der Waals surface area contributed by atoms with E-state index in [0.29, 0.717) is 5.56 Å². The minimum absolute atomic E-state index is 0.327. The number of fused-ring (bicyclic) bond motifs is 5. The summed E-state index contributed by atoms with van der Waals surface area (Å²) in [6, 6.07) is 11.8. The number of pyridine rings is 1. The first-order chi connectivity index (χ1) is 9.74. The third-order valence-electron chi connectivity index (χ3n) is 3.94. The highest BCUT2D eigenvalue weighted by Gasteiger charge is 2.27. The van der Waals surface area contributed by atoms with Crippen molar-refractivity contribution in [2.24, 2.45) is 0 Å². The minimum atomic E-state index is -0.886. The molecule has 20 heavy (non-hydrogen) atoms. The number of aromatic amines is 1. The number of rotatable bonds is 1. The summed E-state index contributed by atoms with van der Waals surface area (Å²) in [5.41, 5.74) is 4.94. The Morgan fingerprint density at radius 2 is 2.05 bits per heavy atom. The molecular weight excluding hydrogens is 252 g/mol. The van der Waals surface area contributed by atoms with Crippen LogP contribution in [0.15, 0.2) is 42.6 Å². The van der Waals surface area contributed by atoms with Gasteiger partial charge in [-0.1, -0.05) is 18.2 Å². The molecule has 0 unspecified atom stereocenters. The van der Waals surface area contributed by atoms with Gasteiger partial charge < -0.3 is 10.1 Å². The topological polar surface area (TPSA) is 57.0 Å². The molecule has 0 saturated carbocycles. The van der Waals surface area contributed by atoms with Crippen LogP contribution in [-0.4, -0.2) is 16.1 Å². The number of carbonyl (C=O) groups is 1. The number of carboxylic acid groups (broad SMARTS) is 1. The summed E-state index contributed by atoms with van der Waals surface area (Å²) < 4.78 is 2.02. The molecule has 0 spiro atoms. The van der Waals surface area contributed by atoms with Crippen LogP contribution in [0.3, 0.4) is 0 Å². The maximum Gasteiger partial charge on any atom is 0.341 e. The maximum absolute atomic E-state index is 11.1. The van der Waals surface area contributed by atoms with Crippen molar-refractivity contribution >= 4 is 16.9 Å². The van der Waals surface area contributed by atoms with Crippen LogP contribution in [0.4, 0.5) is 0 Å². The number of aryl methyl sites for hydroxylation is 2. The van der Waals surface area contributed by atoms with E-state index in [2.05, 4.69) is 17.1 Å². The quantitative estimate of drug-likeness (QED) is 0.664. The van der Waals surface area contributed by atoms with Crippen LogP contribution >= 0.6 is 0 Å². The van der Waals surface area contributed by atoms with Gasteiger partial charge in [0.2, 0.25) is 5.69 Å². The van der Waals surface area contributed by atoms with Gasteiger partial charge in [-0.05, 0) is 17.7 Å². The molecule has 0 fully saturated rings. The molecule has 3 heterocycles.